The van der Waals surface area contributed by atoms with Crippen LogP contribution in [0.3, 0.4) is 0 Å². The molecule has 0 saturated carbocycles. The first-order chi connectivity index (χ1) is 22.2. The van der Waals surface area contributed by atoms with Crippen molar-refractivity contribution in [2.75, 3.05) is 25.5 Å². The first kappa shape index (κ1) is 34.9. The Balaban J connectivity index is 0.00000500. The largest absolute Gasteiger partial charge is 0.487 e. The quantitative estimate of drug-likeness (QED) is 0.183. The minimum Gasteiger partial charge on any atom is -0.487 e. The molecule has 5 aromatic rings. The molecule has 0 spiro atoms. The van der Waals surface area contributed by atoms with E-state index in [2.05, 4.69) is 20.7 Å². The molecule has 2 N–H and O–H groups in total. The van der Waals surface area contributed by atoms with Gasteiger partial charge in [0.2, 0.25) is 11.8 Å². The Kier molecular flexibility index (Phi) is 11.5. The third-order valence-corrected chi connectivity index (χ3v) is 7.86. The van der Waals surface area contributed by atoms with E-state index in [1.54, 1.807) is 73.6 Å². The molecule has 0 unspecified atom stereocenters. The minimum absolute atomic E-state index is 0. The molecule has 0 bridgehead atoms. The van der Waals surface area contributed by atoms with E-state index < -0.39 is 11.8 Å². The van der Waals surface area contributed by atoms with E-state index in [1.807, 2.05) is 25.1 Å². The van der Waals surface area contributed by atoms with E-state index in [1.165, 1.54) is 17.3 Å². The zero-order valence-corrected chi connectivity index (χ0v) is 27.9. The highest BCUT2D eigenvalue weighted by atomic mass is 35.5. The average molecular weight is 695 g/mol. The summed E-state index contributed by atoms with van der Waals surface area (Å²) >= 11 is 13.3. The van der Waals surface area contributed by atoms with Crippen molar-refractivity contribution < 1.29 is 19.1 Å². The molecule has 47 heavy (non-hydrogen) atoms. The second kappa shape index (κ2) is 15.5. The van der Waals surface area contributed by atoms with Crippen LogP contribution < -0.4 is 20.3 Å². The number of nitrogens with zero attached hydrogens (tertiary/aromatic N) is 5. The SMILES string of the molecule is CNC(=O)c1ccc(/C=C/C(=O)NCC(=O)N(C)c2ccc(Cl)c(COc3cccc4c(-n5cncn5)cc(C)nc34)c2Cl)cc1.Cl. The molecule has 14 heteroatoms. The van der Waals surface area contributed by atoms with Crippen molar-refractivity contribution in [2.24, 2.45) is 0 Å². The van der Waals surface area contributed by atoms with Crippen LogP contribution in [0.25, 0.3) is 22.7 Å². The standard InChI is InChI=1S/C33H29Cl2N7O4.ClH/c1-20-15-27(42-19-37-18-39-42)23-5-4-6-28(32(23)40-20)46-17-24-25(34)12-13-26(31(24)35)41(3)30(44)16-38-29(43)14-9-21-7-10-22(11-8-21)33(45)36-2;/h4-15,18-19H,16-17H2,1-3H3,(H,36,45)(H,38,43);1H/b14-9+;. The zero-order valence-electron chi connectivity index (χ0n) is 25.5. The fourth-order valence-corrected chi connectivity index (χ4v) is 5.24. The van der Waals surface area contributed by atoms with Crippen molar-refractivity contribution in [1.29, 1.82) is 0 Å². The van der Waals surface area contributed by atoms with E-state index in [0.29, 0.717) is 33.1 Å². The summed E-state index contributed by atoms with van der Waals surface area (Å²) in [5, 5.41) is 10.8. The molecule has 11 nitrogen and oxygen atoms in total. The predicted octanol–water partition coefficient (Wildman–Crippen LogP) is 5.58. The molecule has 5 rings (SSSR count). The predicted molar refractivity (Wildman–Crippen MR) is 185 cm³/mol. The molecule has 0 radical (unpaired) electrons. The van der Waals surface area contributed by atoms with Crippen LogP contribution in [0.15, 0.2) is 79.4 Å². The Morgan fingerprint density at radius 1 is 1.06 bits per heavy atom. The molecule has 3 amide bonds. The summed E-state index contributed by atoms with van der Waals surface area (Å²) < 4.78 is 7.86. The first-order valence-electron chi connectivity index (χ1n) is 14.1. The number of carbonyl (C=O) groups is 3. The van der Waals surface area contributed by atoms with Crippen LogP contribution in [0.1, 0.15) is 27.2 Å². The van der Waals surface area contributed by atoms with Crippen LogP contribution in [0.2, 0.25) is 10.0 Å². The summed E-state index contributed by atoms with van der Waals surface area (Å²) in [6.45, 7) is 1.62. The number of hydrogen-bond acceptors (Lipinski definition) is 7. The Bertz CT molecular complexity index is 1950. The fourth-order valence-electron chi connectivity index (χ4n) is 4.63. The van der Waals surface area contributed by atoms with Gasteiger partial charge in [-0.3, -0.25) is 14.4 Å². The zero-order chi connectivity index (χ0) is 32.8. The number of likely N-dealkylation sites (N-methyl/N-ethyl adjacent to an activating group) is 1. The molecule has 0 aliphatic rings. The summed E-state index contributed by atoms with van der Waals surface area (Å²) in [4.78, 5) is 47.1. The van der Waals surface area contributed by atoms with Gasteiger partial charge in [0.15, 0.2) is 0 Å². The number of nitrogens with one attached hydrogen (secondary N) is 2. The monoisotopic (exact) mass is 693 g/mol. The summed E-state index contributed by atoms with van der Waals surface area (Å²) in [6.07, 6.45) is 5.97. The van der Waals surface area contributed by atoms with Crippen molar-refractivity contribution in [1.82, 2.24) is 30.4 Å². The van der Waals surface area contributed by atoms with E-state index in [-0.39, 0.29) is 36.5 Å². The molecule has 2 heterocycles. The number of hydrogen-bond donors (Lipinski definition) is 2. The number of halogens is 3. The lowest BCUT2D eigenvalue weighted by Crippen LogP contribution is -2.37. The van der Waals surface area contributed by atoms with Crippen LogP contribution >= 0.6 is 35.6 Å². The van der Waals surface area contributed by atoms with Gasteiger partial charge in [-0.2, -0.15) is 5.10 Å². The molecule has 0 aliphatic heterocycles. The highest BCUT2D eigenvalue weighted by Crippen LogP contribution is 2.36. The number of para-hydroxylation sites is 1. The number of benzene rings is 3. The lowest BCUT2D eigenvalue weighted by molar-refractivity contribution is -0.122. The molecule has 0 fully saturated rings. The summed E-state index contributed by atoms with van der Waals surface area (Å²) in [6, 6.07) is 17.5. The van der Waals surface area contributed by atoms with Crippen molar-refractivity contribution in [3.63, 3.8) is 0 Å². The fraction of sp³-hybridized carbons (Fsp3) is 0.152. The molecular weight excluding hydrogens is 665 g/mol. The van der Waals surface area contributed by atoms with E-state index in [4.69, 9.17) is 32.9 Å². The van der Waals surface area contributed by atoms with Crippen LogP contribution in [0.4, 0.5) is 5.69 Å². The van der Waals surface area contributed by atoms with Gasteiger partial charge >= 0.3 is 0 Å². The van der Waals surface area contributed by atoms with Crippen molar-refractivity contribution in [3.8, 4) is 11.4 Å². The molecule has 0 saturated heterocycles. The molecule has 3 aromatic carbocycles. The lowest BCUT2D eigenvalue weighted by Gasteiger charge is -2.21. The smallest absolute Gasteiger partial charge is 0.251 e. The molecule has 0 aliphatic carbocycles. The molecule has 0 atom stereocenters. The van der Waals surface area contributed by atoms with Crippen LogP contribution in [0.5, 0.6) is 5.75 Å². The number of pyridine rings is 1. The average Bonchev–Trinajstić information content (AvgIpc) is 3.60. The van der Waals surface area contributed by atoms with Gasteiger partial charge < -0.3 is 20.3 Å². The Morgan fingerprint density at radius 2 is 1.83 bits per heavy atom. The number of aromatic nitrogens is 4. The maximum Gasteiger partial charge on any atom is 0.251 e. The lowest BCUT2D eigenvalue weighted by atomic mass is 10.1. The molecular formula is C33H30Cl3N7O4. The highest BCUT2D eigenvalue weighted by Gasteiger charge is 2.20. The van der Waals surface area contributed by atoms with E-state index in [9.17, 15) is 14.4 Å². The van der Waals surface area contributed by atoms with Crippen molar-refractivity contribution in [2.45, 2.75) is 13.5 Å². The van der Waals surface area contributed by atoms with E-state index >= 15 is 0 Å². The number of ether oxygens (including phenoxy) is 1. The van der Waals surface area contributed by atoms with Gasteiger partial charge in [0.25, 0.3) is 5.91 Å². The van der Waals surface area contributed by atoms with Gasteiger partial charge in [-0.1, -0.05) is 47.5 Å². The number of carbonyl (C=O) groups excluding carboxylic acids is 3. The number of fused-ring (bicyclic) bond motifs is 1. The Labute approximate surface area is 287 Å². The van der Waals surface area contributed by atoms with Crippen molar-refractivity contribution >= 4 is 76.0 Å². The van der Waals surface area contributed by atoms with Crippen molar-refractivity contribution in [3.05, 3.63) is 112 Å². The second-order valence-electron chi connectivity index (χ2n) is 10.1. The first-order valence-corrected chi connectivity index (χ1v) is 14.8. The van der Waals surface area contributed by atoms with Crippen LogP contribution in [0, 0.1) is 6.92 Å². The van der Waals surface area contributed by atoms with Gasteiger partial charge in [-0.25, -0.2) is 14.6 Å². The number of rotatable bonds is 10. The minimum atomic E-state index is -0.459. The van der Waals surface area contributed by atoms with Crippen LogP contribution in [-0.4, -0.2) is 58.1 Å². The Hall–Kier alpha value is -4.97. The van der Waals surface area contributed by atoms with Gasteiger partial charge in [0, 0.05) is 47.4 Å². The van der Waals surface area contributed by atoms with Gasteiger partial charge in [0.05, 0.1) is 22.9 Å². The van der Waals surface area contributed by atoms with Gasteiger partial charge in [0.1, 0.15) is 30.5 Å². The van der Waals surface area contributed by atoms with Gasteiger partial charge in [-0.05, 0) is 55.0 Å². The maximum absolute atomic E-state index is 13.0. The summed E-state index contributed by atoms with van der Waals surface area (Å²) in [5.41, 5.74) is 4.32. The van der Waals surface area contributed by atoms with E-state index in [0.717, 1.165) is 22.3 Å². The third kappa shape index (κ3) is 8.07. The maximum atomic E-state index is 13.0. The third-order valence-electron chi connectivity index (χ3n) is 7.09. The molecule has 242 valence electrons. The van der Waals surface area contributed by atoms with Gasteiger partial charge in [-0.15, -0.1) is 12.4 Å². The molecule has 2 aromatic heterocycles. The second-order valence-corrected chi connectivity index (χ2v) is 10.9. The topological polar surface area (TPSA) is 131 Å². The summed E-state index contributed by atoms with van der Waals surface area (Å²) in [7, 11) is 3.11. The summed E-state index contributed by atoms with van der Waals surface area (Å²) in [5.74, 6) is -0.545. The number of amides is 3. The Morgan fingerprint density at radius 3 is 2.53 bits per heavy atom. The van der Waals surface area contributed by atoms with Crippen LogP contribution in [-0.2, 0) is 16.2 Å². The number of anilines is 1. The normalized spacial score (nSPS) is 10.8. The number of aryl methyl sites for hydroxylation is 1. The highest BCUT2D eigenvalue weighted by molar-refractivity contribution is 6.38.